The summed E-state index contributed by atoms with van der Waals surface area (Å²) in [6, 6.07) is 10.00. The lowest BCUT2D eigenvalue weighted by atomic mass is 10.1. The molecule has 8 N–H and O–H groups in total. The number of amides is 1. The SMILES string of the molecule is Cc1cc(-c2nc3cc(F)ccc3s2)ccc1N.Cl.Cl.NCCCC[C@H](N)C(N)=O. The van der Waals surface area contributed by atoms with E-state index in [0.717, 1.165) is 39.4 Å². The summed E-state index contributed by atoms with van der Waals surface area (Å²) in [7, 11) is 0. The Morgan fingerprint density at radius 3 is 2.47 bits per heavy atom. The number of anilines is 1. The number of aryl methyl sites for hydroxylation is 1. The molecule has 2 aromatic carbocycles. The minimum absolute atomic E-state index is 0. The third kappa shape index (κ3) is 8.04. The quantitative estimate of drug-likeness (QED) is 0.317. The molecule has 0 radical (unpaired) electrons. The number of benzene rings is 2. The molecule has 3 aromatic rings. The molecule has 0 aliphatic carbocycles. The van der Waals surface area contributed by atoms with Crippen LogP contribution in [0, 0.1) is 12.7 Å². The molecule has 30 heavy (non-hydrogen) atoms. The fourth-order valence-electron chi connectivity index (χ4n) is 2.48. The lowest BCUT2D eigenvalue weighted by Gasteiger charge is -2.04. The van der Waals surface area contributed by atoms with Gasteiger partial charge in [-0.2, -0.15) is 0 Å². The zero-order valence-corrected chi connectivity index (χ0v) is 19.1. The molecule has 0 unspecified atom stereocenters. The third-order valence-electron chi connectivity index (χ3n) is 4.20. The first-order valence-corrected chi connectivity index (χ1v) is 9.81. The van der Waals surface area contributed by atoms with E-state index in [0.29, 0.717) is 18.5 Å². The molecule has 1 aromatic heterocycles. The van der Waals surface area contributed by atoms with Crippen molar-refractivity contribution in [2.45, 2.75) is 32.2 Å². The highest BCUT2D eigenvalue weighted by Crippen LogP contribution is 2.31. The maximum absolute atomic E-state index is 13.1. The maximum atomic E-state index is 13.1. The van der Waals surface area contributed by atoms with Gasteiger partial charge in [-0.25, -0.2) is 9.37 Å². The summed E-state index contributed by atoms with van der Waals surface area (Å²) >= 11 is 1.56. The Morgan fingerprint density at radius 2 is 1.87 bits per heavy atom. The molecular weight excluding hydrogens is 448 g/mol. The second-order valence-corrected chi connectivity index (χ2v) is 7.53. The minimum atomic E-state index is -0.494. The number of nitrogen functional groups attached to an aromatic ring is 1. The van der Waals surface area contributed by atoms with Crippen molar-refractivity contribution in [1.82, 2.24) is 4.98 Å². The zero-order chi connectivity index (χ0) is 20.7. The molecule has 0 bridgehead atoms. The molecule has 1 heterocycles. The van der Waals surface area contributed by atoms with E-state index in [1.54, 1.807) is 17.4 Å². The Morgan fingerprint density at radius 1 is 1.17 bits per heavy atom. The van der Waals surface area contributed by atoms with Crippen molar-refractivity contribution in [2.24, 2.45) is 17.2 Å². The van der Waals surface area contributed by atoms with Gasteiger partial charge in [0, 0.05) is 17.3 Å². The Bertz CT molecular complexity index is 954. The monoisotopic (exact) mass is 475 g/mol. The first kappa shape index (κ1) is 28.0. The van der Waals surface area contributed by atoms with Gasteiger partial charge in [-0.3, -0.25) is 4.79 Å². The van der Waals surface area contributed by atoms with E-state index in [2.05, 4.69) is 4.98 Å². The van der Waals surface area contributed by atoms with E-state index < -0.39 is 11.9 Å². The fourth-order valence-corrected chi connectivity index (χ4v) is 3.43. The summed E-state index contributed by atoms with van der Waals surface area (Å²) < 4.78 is 14.1. The van der Waals surface area contributed by atoms with Gasteiger partial charge in [0.25, 0.3) is 0 Å². The number of nitrogens with two attached hydrogens (primary N) is 4. The minimum Gasteiger partial charge on any atom is -0.399 e. The fraction of sp³-hybridized carbons (Fsp3) is 0.300. The molecular formula is C20H28Cl2FN5OS. The van der Waals surface area contributed by atoms with Gasteiger partial charge in [-0.05, 0) is 62.2 Å². The van der Waals surface area contributed by atoms with Crippen LogP contribution in [0.2, 0.25) is 0 Å². The summed E-state index contributed by atoms with van der Waals surface area (Å²) in [6.07, 6.45) is 2.42. The largest absolute Gasteiger partial charge is 0.399 e. The summed E-state index contributed by atoms with van der Waals surface area (Å²) in [4.78, 5) is 14.8. The van der Waals surface area contributed by atoms with Crippen molar-refractivity contribution < 1.29 is 9.18 Å². The zero-order valence-electron chi connectivity index (χ0n) is 16.6. The van der Waals surface area contributed by atoms with Crippen LogP contribution in [0.1, 0.15) is 24.8 Å². The van der Waals surface area contributed by atoms with Crippen LogP contribution < -0.4 is 22.9 Å². The number of primary amides is 1. The van der Waals surface area contributed by atoms with Crippen molar-refractivity contribution in [3.8, 4) is 10.6 Å². The van der Waals surface area contributed by atoms with E-state index in [9.17, 15) is 9.18 Å². The number of thiazole rings is 1. The van der Waals surface area contributed by atoms with E-state index in [4.69, 9.17) is 22.9 Å². The van der Waals surface area contributed by atoms with Crippen molar-refractivity contribution in [3.63, 3.8) is 0 Å². The highest BCUT2D eigenvalue weighted by atomic mass is 35.5. The van der Waals surface area contributed by atoms with E-state index in [-0.39, 0.29) is 30.6 Å². The molecule has 0 aliphatic heterocycles. The molecule has 10 heteroatoms. The average molecular weight is 476 g/mol. The molecule has 0 aliphatic rings. The highest BCUT2D eigenvalue weighted by molar-refractivity contribution is 7.21. The predicted molar refractivity (Wildman–Crippen MR) is 129 cm³/mol. The number of unbranched alkanes of at least 4 members (excludes halogenated alkanes) is 1. The van der Waals surface area contributed by atoms with E-state index >= 15 is 0 Å². The van der Waals surface area contributed by atoms with Gasteiger partial charge in [-0.15, -0.1) is 36.2 Å². The Hall–Kier alpha value is -1.97. The third-order valence-corrected chi connectivity index (χ3v) is 5.29. The molecule has 0 saturated carbocycles. The molecule has 0 fully saturated rings. The molecule has 166 valence electrons. The maximum Gasteiger partial charge on any atom is 0.234 e. The molecule has 0 saturated heterocycles. The predicted octanol–water partition coefficient (Wildman–Crippen LogP) is 3.76. The van der Waals surface area contributed by atoms with Crippen LogP contribution >= 0.6 is 36.2 Å². The van der Waals surface area contributed by atoms with E-state index in [1.807, 2.05) is 25.1 Å². The van der Waals surface area contributed by atoms with Crippen LogP contribution in [0.4, 0.5) is 10.1 Å². The number of carbonyl (C=O) groups is 1. The summed E-state index contributed by atoms with van der Waals surface area (Å²) in [5.41, 5.74) is 24.8. The van der Waals surface area contributed by atoms with Gasteiger partial charge in [0.15, 0.2) is 0 Å². The van der Waals surface area contributed by atoms with Gasteiger partial charge in [-0.1, -0.05) is 6.42 Å². The number of hydrogen-bond acceptors (Lipinski definition) is 6. The van der Waals surface area contributed by atoms with Crippen molar-refractivity contribution in [1.29, 1.82) is 0 Å². The molecule has 0 spiro atoms. The van der Waals surface area contributed by atoms with Gasteiger partial charge in [0.05, 0.1) is 16.3 Å². The lowest BCUT2D eigenvalue weighted by Crippen LogP contribution is -2.36. The van der Waals surface area contributed by atoms with Crippen LogP contribution in [0.15, 0.2) is 36.4 Å². The second kappa shape index (κ2) is 13.4. The topological polar surface area (TPSA) is 134 Å². The summed E-state index contributed by atoms with van der Waals surface area (Å²) in [6.45, 7) is 2.61. The number of fused-ring (bicyclic) bond motifs is 1. The first-order valence-electron chi connectivity index (χ1n) is 8.99. The van der Waals surface area contributed by atoms with Gasteiger partial charge >= 0.3 is 0 Å². The van der Waals surface area contributed by atoms with Crippen molar-refractivity contribution in [2.75, 3.05) is 12.3 Å². The molecule has 1 atom stereocenters. The molecule has 6 nitrogen and oxygen atoms in total. The number of rotatable bonds is 6. The smallest absolute Gasteiger partial charge is 0.234 e. The van der Waals surface area contributed by atoms with Gasteiger partial charge in [0.2, 0.25) is 5.91 Å². The standard InChI is InChI=1S/C14H11FN2S.C6H15N3O.2ClH/c1-8-6-9(2-4-11(8)16)14-17-12-7-10(15)3-5-13(12)18-14;7-4-2-1-3-5(8)6(9)10;;/h2-7H,16H2,1H3;5H,1-4,7-8H2,(H2,9,10);2*1H/t;5-;;/m.0../s1. The van der Waals surface area contributed by atoms with Gasteiger partial charge in [0.1, 0.15) is 10.8 Å². The number of hydrogen-bond donors (Lipinski definition) is 4. The van der Waals surface area contributed by atoms with Crippen LogP contribution in [0.5, 0.6) is 0 Å². The number of nitrogens with zero attached hydrogens (tertiary/aromatic N) is 1. The number of aromatic nitrogens is 1. The molecule has 3 rings (SSSR count). The average Bonchev–Trinajstić information content (AvgIpc) is 3.07. The first-order chi connectivity index (χ1) is 13.3. The normalized spacial score (nSPS) is 10.9. The number of halogens is 3. The summed E-state index contributed by atoms with van der Waals surface area (Å²) in [5, 5.41) is 0.888. The Labute approximate surface area is 192 Å². The van der Waals surface area contributed by atoms with Crippen LogP contribution in [-0.2, 0) is 4.79 Å². The Kier molecular flexibility index (Phi) is 12.5. The van der Waals surface area contributed by atoms with Crippen molar-refractivity contribution in [3.05, 3.63) is 47.8 Å². The van der Waals surface area contributed by atoms with E-state index in [1.165, 1.54) is 12.1 Å². The number of carbonyl (C=O) groups excluding carboxylic acids is 1. The van der Waals surface area contributed by atoms with Crippen LogP contribution in [0.3, 0.4) is 0 Å². The Balaban J connectivity index is 0.000000614. The van der Waals surface area contributed by atoms with Gasteiger partial charge < -0.3 is 22.9 Å². The lowest BCUT2D eigenvalue weighted by molar-refractivity contribution is -0.119. The van der Waals surface area contributed by atoms with Crippen LogP contribution in [0.25, 0.3) is 20.8 Å². The molecule has 1 amide bonds. The van der Waals surface area contributed by atoms with Crippen molar-refractivity contribution >= 4 is 58.0 Å². The summed E-state index contributed by atoms with van der Waals surface area (Å²) in [5.74, 6) is -0.690. The highest BCUT2D eigenvalue weighted by Gasteiger charge is 2.08. The van der Waals surface area contributed by atoms with Crippen LogP contribution in [-0.4, -0.2) is 23.5 Å². The second-order valence-electron chi connectivity index (χ2n) is 6.50.